The number of hydrogen-bond acceptors (Lipinski definition) is 4. The topological polar surface area (TPSA) is 105 Å². The number of benzene rings is 1. The largest absolute Gasteiger partial charge is 0.443 e. The molecule has 0 atom stereocenters. The maximum Gasteiger partial charge on any atom is 0.418 e. The summed E-state index contributed by atoms with van der Waals surface area (Å²) in [6.45, 7) is 11.2. The Balaban J connectivity index is 1.91. The molecular weight excluding hydrogens is 418 g/mol. The molecule has 0 fully saturated rings. The molecular formula is C25H29N5O3. The van der Waals surface area contributed by atoms with E-state index in [1.807, 2.05) is 72.0 Å². The van der Waals surface area contributed by atoms with Crippen molar-refractivity contribution in [2.75, 3.05) is 0 Å². The van der Waals surface area contributed by atoms with E-state index in [0.29, 0.717) is 22.0 Å². The second-order valence-electron chi connectivity index (χ2n) is 10.0. The second-order valence-corrected chi connectivity index (χ2v) is 10.0. The van der Waals surface area contributed by atoms with Gasteiger partial charge in [0, 0.05) is 40.6 Å². The number of fused-ring (bicyclic) bond motifs is 1. The molecule has 33 heavy (non-hydrogen) atoms. The molecule has 0 unspecified atom stereocenters. The number of nitrogens with zero attached hydrogens (tertiary/aromatic N) is 2. The highest BCUT2D eigenvalue weighted by Crippen LogP contribution is 2.36. The molecule has 0 radical (unpaired) electrons. The van der Waals surface area contributed by atoms with Gasteiger partial charge in [0.15, 0.2) is 0 Å². The molecule has 8 heteroatoms. The average Bonchev–Trinajstić information content (AvgIpc) is 3.42. The van der Waals surface area contributed by atoms with E-state index in [9.17, 15) is 9.59 Å². The number of carbonyl (C=O) groups is 2. The fourth-order valence-corrected chi connectivity index (χ4v) is 3.76. The molecule has 0 saturated carbocycles. The number of amides is 1. The Morgan fingerprint density at radius 2 is 1.73 bits per heavy atom. The van der Waals surface area contributed by atoms with Crippen LogP contribution in [-0.2, 0) is 4.74 Å². The van der Waals surface area contributed by atoms with Crippen LogP contribution in [0.15, 0.2) is 48.9 Å². The van der Waals surface area contributed by atoms with Crippen LogP contribution in [0.5, 0.6) is 0 Å². The van der Waals surface area contributed by atoms with Crippen LogP contribution in [0.3, 0.4) is 0 Å². The molecule has 3 N–H and O–H groups in total. The van der Waals surface area contributed by atoms with Crippen LogP contribution >= 0.6 is 0 Å². The minimum atomic E-state index is -0.636. The number of hydrogen-bond donors (Lipinski definition) is 3. The van der Waals surface area contributed by atoms with Crippen molar-refractivity contribution in [1.82, 2.24) is 25.1 Å². The first-order chi connectivity index (χ1) is 15.4. The minimum absolute atomic E-state index is 0.229. The molecule has 8 nitrogen and oxygen atoms in total. The third-order valence-electron chi connectivity index (χ3n) is 4.97. The van der Waals surface area contributed by atoms with Crippen LogP contribution in [0.4, 0.5) is 4.79 Å². The van der Waals surface area contributed by atoms with Crippen molar-refractivity contribution in [3.63, 3.8) is 0 Å². The average molecular weight is 448 g/mol. The summed E-state index contributed by atoms with van der Waals surface area (Å²) in [6.07, 6.45) is 4.72. The normalized spacial score (nSPS) is 12.2. The Kier molecular flexibility index (Phi) is 5.40. The highest BCUT2D eigenvalue weighted by atomic mass is 16.6. The third-order valence-corrected chi connectivity index (χ3v) is 4.97. The molecule has 1 aromatic carbocycles. The predicted molar refractivity (Wildman–Crippen MR) is 128 cm³/mol. The number of rotatable bonds is 3. The van der Waals surface area contributed by atoms with E-state index in [1.54, 1.807) is 18.5 Å². The van der Waals surface area contributed by atoms with Gasteiger partial charge in [0.25, 0.3) is 5.91 Å². The third kappa shape index (κ3) is 4.55. The predicted octanol–water partition coefficient (Wildman–Crippen LogP) is 5.34. The van der Waals surface area contributed by atoms with Gasteiger partial charge in [-0.15, -0.1) is 0 Å². The molecule has 3 aromatic heterocycles. The van der Waals surface area contributed by atoms with Gasteiger partial charge in [-0.3, -0.25) is 14.5 Å². The molecule has 0 saturated heterocycles. The van der Waals surface area contributed by atoms with Gasteiger partial charge in [-0.25, -0.2) is 4.79 Å². The maximum atomic E-state index is 13.5. The summed E-state index contributed by atoms with van der Waals surface area (Å²) in [5, 5.41) is 10.8. The zero-order chi connectivity index (χ0) is 24.0. The lowest BCUT2D eigenvalue weighted by atomic mass is 9.96. The van der Waals surface area contributed by atoms with E-state index in [-0.39, 0.29) is 5.91 Å². The summed E-state index contributed by atoms with van der Waals surface area (Å²) in [4.78, 5) is 29.6. The number of ether oxygens (including phenoxy) is 1. The number of H-pyrrole nitrogens is 2. The fraction of sp³-hybridized carbons (Fsp3) is 0.320. The molecule has 0 aliphatic heterocycles. The van der Waals surface area contributed by atoms with Crippen LogP contribution in [0.2, 0.25) is 0 Å². The van der Waals surface area contributed by atoms with Gasteiger partial charge < -0.3 is 15.0 Å². The summed E-state index contributed by atoms with van der Waals surface area (Å²) >= 11 is 0. The molecule has 0 aliphatic carbocycles. The lowest BCUT2D eigenvalue weighted by Gasteiger charge is -2.22. The molecule has 3 heterocycles. The van der Waals surface area contributed by atoms with Crippen molar-refractivity contribution < 1.29 is 14.3 Å². The Bertz CT molecular complexity index is 1310. The monoisotopic (exact) mass is 447 g/mol. The molecule has 0 bridgehead atoms. The quantitative estimate of drug-likeness (QED) is 0.394. The first kappa shape index (κ1) is 22.4. The number of carbonyl (C=O) groups excluding carboxylic acids is 2. The number of aromatic amines is 2. The minimum Gasteiger partial charge on any atom is -0.443 e. The van der Waals surface area contributed by atoms with Crippen molar-refractivity contribution in [1.29, 1.82) is 0 Å². The SMILES string of the molecule is CC(C)(C)NC(=O)c1c(-c2[nH]ccc2-c2cc[nH]n2)ccc2c1ccn2C(=O)OC(C)(C)C. The van der Waals surface area contributed by atoms with E-state index in [2.05, 4.69) is 20.5 Å². The summed E-state index contributed by atoms with van der Waals surface area (Å²) in [6, 6.07) is 9.25. The lowest BCUT2D eigenvalue weighted by Crippen LogP contribution is -2.40. The molecule has 172 valence electrons. The highest BCUT2D eigenvalue weighted by molar-refractivity contribution is 6.13. The van der Waals surface area contributed by atoms with Gasteiger partial charge in [-0.1, -0.05) is 0 Å². The molecule has 0 aliphatic rings. The molecule has 0 spiro atoms. The standard InChI is InChI=1S/C25H29N5O3/c1-24(2,3)28-22(31)20-16-11-14-30(23(32)33-25(4,5)6)19(16)8-7-17(20)21-15(9-12-26-21)18-10-13-27-29-18/h7-14,26H,1-6H3,(H,27,29)(H,28,31). The fourth-order valence-electron chi connectivity index (χ4n) is 3.76. The van der Waals surface area contributed by atoms with E-state index >= 15 is 0 Å². The lowest BCUT2D eigenvalue weighted by molar-refractivity contribution is 0.0544. The smallest absolute Gasteiger partial charge is 0.418 e. The molecule has 4 rings (SSSR count). The van der Waals surface area contributed by atoms with E-state index in [4.69, 9.17) is 4.74 Å². The van der Waals surface area contributed by atoms with E-state index in [1.165, 1.54) is 4.57 Å². The zero-order valence-electron chi connectivity index (χ0n) is 19.7. The zero-order valence-corrected chi connectivity index (χ0v) is 19.7. The maximum absolute atomic E-state index is 13.5. The first-order valence-corrected chi connectivity index (χ1v) is 10.8. The van der Waals surface area contributed by atoms with Crippen molar-refractivity contribution in [3.05, 3.63) is 54.5 Å². The van der Waals surface area contributed by atoms with Gasteiger partial charge in [-0.05, 0) is 71.9 Å². The van der Waals surface area contributed by atoms with Crippen LogP contribution in [0, 0.1) is 0 Å². The van der Waals surface area contributed by atoms with E-state index in [0.717, 1.165) is 17.0 Å². The molecule has 1 amide bonds. The van der Waals surface area contributed by atoms with E-state index < -0.39 is 17.2 Å². The Morgan fingerprint density at radius 1 is 0.970 bits per heavy atom. The van der Waals surface area contributed by atoms with Crippen LogP contribution in [0.1, 0.15) is 51.9 Å². The second kappa shape index (κ2) is 7.95. The first-order valence-electron chi connectivity index (χ1n) is 10.8. The Hall–Kier alpha value is -3.81. The Labute approximate surface area is 192 Å². The van der Waals surface area contributed by atoms with Crippen molar-refractivity contribution >= 4 is 22.9 Å². The van der Waals surface area contributed by atoms with Crippen molar-refractivity contribution in [2.45, 2.75) is 52.7 Å². The van der Waals surface area contributed by atoms with Gasteiger partial charge in [-0.2, -0.15) is 5.10 Å². The van der Waals surface area contributed by atoms with Gasteiger partial charge in [0.2, 0.25) is 0 Å². The highest BCUT2D eigenvalue weighted by Gasteiger charge is 2.26. The van der Waals surface area contributed by atoms with Gasteiger partial charge >= 0.3 is 6.09 Å². The van der Waals surface area contributed by atoms with Crippen LogP contribution < -0.4 is 5.32 Å². The van der Waals surface area contributed by atoms with Crippen LogP contribution in [0.25, 0.3) is 33.4 Å². The van der Waals surface area contributed by atoms with Gasteiger partial charge in [0.1, 0.15) is 5.60 Å². The van der Waals surface area contributed by atoms with Crippen LogP contribution in [-0.4, -0.2) is 42.9 Å². The number of aromatic nitrogens is 4. The van der Waals surface area contributed by atoms with Crippen molar-refractivity contribution in [2.24, 2.45) is 0 Å². The molecule has 4 aromatic rings. The summed E-state index contributed by atoms with van der Waals surface area (Å²) in [5.41, 5.74) is 3.12. The van der Waals surface area contributed by atoms with Crippen molar-refractivity contribution in [3.8, 4) is 22.5 Å². The number of nitrogens with one attached hydrogen (secondary N) is 3. The van der Waals surface area contributed by atoms with Gasteiger partial charge in [0.05, 0.1) is 22.5 Å². The summed E-state index contributed by atoms with van der Waals surface area (Å²) in [5.74, 6) is -0.229. The summed E-state index contributed by atoms with van der Waals surface area (Å²) < 4.78 is 6.98. The summed E-state index contributed by atoms with van der Waals surface area (Å²) in [7, 11) is 0. The Morgan fingerprint density at radius 3 is 2.36 bits per heavy atom.